The maximum atomic E-state index is 13.6. The van der Waals surface area contributed by atoms with Crippen LogP contribution in [0.3, 0.4) is 0 Å². The largest absolute Gasteiger partial charge is 0.497 e. The summed E-state index contributed by atoms with van der Waals surface area (Å²) in [5, 5.41) is 2.97. The summed E-state index contributed by atoms with van der Waals surface area (Å²) in [6.45, 7) is 1.03. The number of rotatable bonds is 11. The van der Waals surface area contributed by atoms with Crippen molar-refractivity contribution in [1.82, 2.24) is 14.5 Å². The van der Waals surface area contributed by atoms with Crippen LogP contribution in [0.4, 0.5) is 4.39 Å². The molecule has 3 aromatic rings. The Balaban J connectivity index is 1.22. The first kappa shape index (κ1) is 30.7. The van der Waals surface area contributed by atoms with E-state index in [1.165, 1.54) is 22.7 Å². The van der Waals surface area contributed by atoms with Crippen molar-refractivity contribution in [2.45, 2.75) is 37.6 Å². The molecule has 5 rings (SSSR count). The molecule has 1 heterocycles. The first-order chi connectivity index (χ1) is 20.6. The summed E-state index contributed by atoms with van der Waals surface area (Å²) in [7, 11) is -1.71. The molecular formula is C33H38FN3O5S. The van der Waals surface area contributed by atoms with Crippen LogP contribution in [-0.4, -0.2) is 75.0 Å². The lowest BCUT2D eigenvalue weighted by molar-refractivity contribution is -0.134. The van der Waals surface area contributed by atoms with Crippen LogP contribution in [0, 0.1) is 11.7 Å². The zero-order chi connectivity index (χ0) is 30.6. The van der Waals surface area contributed by atoms with Gasteiger partial charge in [0.25, 0.3) is 5.91 Å². The first-order valence-electron chi connectivity index (χ1n) is 14.7. The van der Waals surface area contributed by atoms with Gasteiger partial charge in [-0.3, -0.25) is 9.59 Å². The van der Waals surface area contributed by atoms with Gasteiger partial charge in [-0.25, -0.2) is 12.8 Å². The standard InChI is InChI=1S/C33H38FN3O5S/c1-42-29-16-12-24(13-17-29)23-6-8-26(9-7-23)32(38)35-31(33(39)36-18-20-37(21-19-36)43(2,40)41)5-3-4-27-22-30(27)25-10-14-28(34)15-11-25/h6-17,27,30-31H,3-5,18-22H2,1-2H3,(H,35,38)/t27-,30+,31+/m1/s1. The monoisotopic (exact) mass is 607 g/mol. The van der Waals surface area contributed by atoms with E-state index in [4.69, 9.17) is 4.74 Å². The molecule has 2 amide bonds. The number of carbonyl (C=O) groups is 2. The maximum Gasteiger partial charge on any atom is 0.251 e. The highest BCUT2D eigenvalue weighted by Gasteiger charge is 2.38. The van der Waals surface area contributed by atoms with Gasteiger partial charge in [-0.2, -0.15) is 4.31 Å². The summed E-state index contributed by atoms with van der Waals surface area (Å²) in [6, 6.07) is 20.8. The van der Waals surface area contributed by atoms with Gasteiger partial charge in [0.1, 0.15) is 17.6 Å². The number of carbonyl (C=O) groups excluding carboxylic acids is 2. The molecule has 228 valence electrons. The van der Waals surface area contributed by atoms with Crippen molar-refractivity contribution in [1.29, 1.82) is 0 Å². The number of hydrogen-bond donors (Lipinski definition) is 1. The topological polar surface area (TPSA) is 96.0 Å². The number of ether oxygens (including phenoxy) is 1. The van der Waals surface area contributed by atoms with Gasteiger partial charge < -0.3 is 15.0 Å². The van der Waals surface area contributed by atoms with Crippen molar-refractivity contribution >= 4 is 21.8 Å². The normalized spacial score (nSPS) is 19.5. The minimum Gasteiger partial charge on any atom is -0.497 e. The fraction of sp³-hybridized carbons (Fsp3) is 0.394. The molecule has 0 aromatic heterocycles. The average Bonchev–Trinajstić information content (AvgIpc) is 3.79. The maximum absolute atomic E-state index is 13.6. The third kappa shape index (κ3) is 7.80. The molecule has 0 unspecified atom stereocenters. The summed E-state index contributed by atoms with van der Waals surface area (Å²) >= 11 is 0. The molecule has 0 bridgehead atoms. The molecule has 0 radical (unpaired) electrons. The number of piperazine rings is 1. The molecule has 3 aromatic carbocycles. The minimum atomic E-state index is -3.33. The number of hydrogen-bond acceptors (Lipinski definition) is 5. The number of sulfonamides is 1. The van der Waals surface area contributed by atoms with Crippen LogP contribution < -0.4 is 10.1 Å². The van der Waals surface area contributed by atoms with Crippen molar-refractivity contribution in [3.63, 3.8) is 0 Å². The Kier molecular flexibility index (Phi) is 9.46. The SMILES string of the molecule is COc1ccc(-c2ccc(C(=O)N[C@@H](CCC[C@@H]3C[C@H]3c3ccc(F)cc3)C(=O)N3CCN(S(C)(=O)=O)CC3)cc2)cc1. The van der Waals surface area contributed by atoms with Gasteiger partial charge in [0.05, 0.1) is 13.4 Å². The molecule has 43 heavy (non-hydrogen) atoms. The number of benzene rings is 3. The summed E-state index contributed by atoms with van der Waals surface area (Å²) in [5.41, 5.74) is 3.54. The number of halogens is 1. The van der Waals surface area contributed by atoms with Crippen molar-refractivity contribution < 1.29 is 27.1 Å². The molecule has 0 spiro atoms. The van der Waals surface area contributed by atoms with E-state index < -0.39 is 16.1 Å². The van der Waals surface area contributed by atoms with Crippen LogP contribution >= 0.6 is 0 Å². The Labute approximate surface area is 252 Å². The fourth-order valence-electron chi connectivity index (χ4n) is 5.83. The van der Waals surface area contributed by atoms with Crippen molar-refractivity contribution in [2.75, 3.05) is 39.5 Å². The lowest BCUT2D eigenvalue weighted by Gasteiger charge is -2.35. The third-order valence-corrected chi connectivity index (χ3v) is 9.78. The summed E-state index contributed by atoms with van der Waals surface area (Å²) in [6.07, 6.45) is 4.33. The van der Waals surface area contributed by atoms with Crippen LogP contribution in [0.15, 0.2) is 72.8 Å². The second-order valence-electron chi connectivity index (χ2n) is 11.4. The van der Waals surface area contributed by atoms with Gasteiger partial charge in [0.15, 0.2) is 0 Å². The zero-order valence-corrected chi connectivity index (χ0v) is 25.4. The van der Waals surface area contributed by atoms with Crippen molar-refractivity contribution in [2.24, 2.45) is 5.92 Å². The minimum absolute atomic E-state index is 0.192. The average molecular weight is 608 g/mol. The quantitative estimate of drug-likeness (QED) is 0.342. The van der Waals surface area contributed by atoms with Crippen molar-refractivity contribution in [3.8, 4) is 16.9 Å². The van der Waals surface area contributed by atoms with E-state index in [2.05, 4.69) is 5.32 Å². The van der Waals surface area contributed by atoms with E-state index in [0.29, 0.717) is 23.8 Å². The zero-order valence-electron chi connectivity index (χ0n) is 24.5. The van der Waals surface area contributed by atoms with E-state index in [1.54, 1.807) is 24.1 Å². The molecule has 10 heteroatoms. The lowest BCUT2D eigenvalue weighted by Crippen LogP contribution is -2.55. The van der Waals surface area contributed by atoms with Crippen LogP contribution in [0.1, 0.15) is 47.5 Å². The molecule has 1 N–H and O–H groups in total. The van der Waals surface area contributed by atoms with E-state index in [0.717, 1.165) is 41.7 Å². The van der Waals surface area contributed by atoms with Crippen LogP contribution in [-0.2, 0) is 14.8 Å². The van der Waals surface area contributed by atoms with E-state index in [1.807, 2.05) is 48.5 Å². The molecule has 2 fully saturated rings. The highest BCUT2D eigenvalue weighted by atomic mass is 32.2. The van der Waals surface area contributed by atoms with E-state index in [-0.39, 0.29) is 43.8 Å². The highest BCUT2D eigenvalue weighted by Crippen LogP contribution is 2.50. The molecular weight excluding hydrogens is 569 g/mol. The van der Waals surface area contributed by atoms with Gasteiger partial charge in [-0.05, 0) is 84.2 Å². The van der Waals surface area contributed by atoms with Gasteiger partial charge in [-0.15, -0.1) is 0 Å². The van der Waals surface area contributed by atoms with Crippen molar-refractivity contribution in [3.05, 3.63) is 89.7 Å². The molecule has 1 aliphatic heterocycles. The Morgan fingerprint density at radius 1 is 0.930 bits per heavy atom. The van der Waals surface area contributed by atoms with Crippen LogP contribution in [0.25, 0.3) is 11.1 Å². The van der Waals surface area contributed by atoms with Gasteiger partial charge in [-0.1, -0.05) is 42.8 Å². The fourth-order valence-corrected chi connectivity index (χ4v) is 6.65. The number of nitrogens with zero attached hydrogens (tertiary/aromatic N) is 2. The molecule has 2 aliphatic rings. The highest BCUT2D eigenvalue weighted by molar-refractivity contribution is 7.88. The Morgan fingerprint density at radius 2 is 1.53 bits per heavy atom. The van der Waals surface area contributed by atoms with Gasteiger partial charge in [0, 0.05) is 31.7 Å². The summed E-state index contributed by atoms with van der Waals surface area (Å²) < 4.78 is 43.8. The van der Waals surface area contributed by atoms with Gasteiger partial charge in [0.2, 0.25) is 15.9 Å². The molecule has 8 nitrogen and oxygen atoms in total. The van der Waals surface area contributed by atoms with E-state index >= 15 is 0 Å². The molecule has 3 atom stereocenters. The predicted octanol–water partition coefficient (Wildman–Crippen LogP) is 4.68. The Morgan fingerprint density at radius 3 is 2.12 bits per heavy atom. The number of amides is 2. The second-order valence-corrected chi connectivity index (χ2v) is 13.4. The van der Waals surface area contributed by atoms with Crippen LogP contribution in [0.2, 0.25) is 0 Å². The molecule has 1 saturated carbocycles. The Bertz CT molecular complexity index is 1520. The van der Waals surface area contributed by atoms with E-state index in [9.17, 15) is 22.4 Å². The summed E-state index contributed by atoms with van der Waals surface area (Å²) in [5.74, 6) is 0.872. The number of nitrogens with one attached hydrogen (secondary N) is 1. The summed E-state index contributed by atoms with van der Waals surface area (Å²) in [4.78, 5) is 28.6. The second kappa shape index (κ2) is 13.3. The molecule has 1 aliphatic carbocycles. The predicted molar refractivity (Wildman–Crippen MR) is 164 cm³/mol. The Hall–Kier alpha value is -3.76. The first-order valence-corrected chi connectivity index (χ1v) is 16.5. The lowest BCUT2D eigenvalue weighted by atomic mass is 10.0. The third-order valence-electron chi connectivity index (χ3n) is 8.48. The molecule has 1 saturated heterocycles. The number of methoxy groups -OCH3 is 1. The van der Waals surface area contributed by atoms with Gasteiger partial charge >= 0.3 is 0 Å². The smallest absolute Gasteiger partial charge is 0.251 e. The van der Waals surface area contributed by atoms with Crippen LogP contribution in [0.5, 0.6) is 5.75 Å².